The highest BCUT2D eigenvalue weighted by atomic mass is 35.5. The predicted molar refractivity (Wildman–Crippen MR) is 67.3 cm³/mol. The van der Waals surface area contributed by atoms with Gasteiger partial charge in [-0.1, -0.05) is 23.7 Å². The molecule has 0 aromatic heterocycles. The van der Waals surface area contributed by atoms with Gasteiger partial charge in [-0.15, -0.1) is 0 Å². The summed E-state index contributed by atoms with van der Waals surface area (Å²) in [6, 6.07) is 7.01. The maximum Gasteiger partial charge on any atom is 0.227 e. The predicted octanol–water partition coefficient (Wildman–Crippen LogP) is 1.82. The second kappa shape index (κ2) is 5.24. The number of aliphatic hydroxyl groups is 1. The molecular weight excluding hydrogens is 257 g/mol. The number of likely N-dealkylation sites (tertiary alicyclic amines) is 1. The van der Waals surface area contributed by atoms with Gasteiger partial charge in [0.15, 0.2) is 5.67 Å². The number of rotatable bonds is 3. The Morgan fingerprint density at radius 1 is 1.44 bits per heavy atom. The highest BCUT2D eigenvalue weighted by Gasteiger charge is 2.39. The minimum absolute atomic E-state index is 0.0179. The SMILES string of the molecule is O=C(Cc1ccc(Cl)cc1)N1CCC(F)(CO)C1. The highest BCUT2D eigenvalue weighted by molar-refractivity contribution is 6.30. The molecule has 2 rings (SSSR count). The van der Waals surface area contributed by atoms with Crippen LogP contribution in [0.25, 0.3) is 0 Å². The molecule has 98 valence electrons. The van der Waals surface area contributed by atoms with Crippen LogP contribution >= 0.6 is 11.6 Å². The van der Waals surface area contributed by atoms with Gasteiger partial charge in [0.05, 0.1) is 19.6 Å². The van der Waals surface area contributed by atoms with Crippen molar-refractivity contribution in [2.45, 2.75) is 18.5 Å². The number of amides is 1. The van der Waals surface area contributed by atoms with Crippen molar-refractivity contribution < 1.29 is 14.3 Å². The van der Waals surface area contributed by atoms with Gasteiger partial charge in [-0.3, -0.25) is 4.79 Å². The van der Waals surface area contributed by atoms with Crippen LogP contribution in [0.1, 0.15) is 12.0 Å². The standard InChI is InChI=1S/C13H15ClFNO2/c14-11-3-1-10(2-4-11)7-12(18)16-6-5-13(15,8-16)9-17/h1-4,17H,5-9H2. The number of aliphatic hydroxyl groups excluding tert-OH is 1. The summed E-state index contributed by atoms with van der Waals surface area (Å²) in [5, 5.41) is 9.54. The van der Waals surface area contributed by atoms with Crippen molar-refractivity contribution in [3.63, 3.8) is 0 Å². The molecule has 0 bridgehead atoms. The third kappa shape index (κ3) is 3.00. The van der Waals surface area contributed by atoms with E-state index in [1.165, 1.54) is 4.90 Å². The van der Waals surface area contributed by atoms with Crippen molar-refractivity contribution in [2.75, 3.05) is 19.7 Å². The van der Waals surface area contributed by atoms with Crippen LogP contribution in [0, 0.1) is 0 Å². The summed E-state index contributed by atoms with van der Waals surface area (Å²) in [5.41, 5.74) is -0.778. The molecule has 0 aliphatic carbocycles. The number of hydrogen-bond acceptors (Lipinski definition) is 2. The van der Waals surface area contributed by atoms with Crippen LogP contribution in [0.2, 0.25) is 5.02 Å². The number of benzene rings is 1. The van der Waals surface area contributed by atoms with Gasteiger partial charge in [0.2, 0.25) is 5.91 Å². The lowest BCUT2D eigenvalue weighted by Gasteiger charge is -2.19. The van der Waals surface area contributed by atoms with Crippen molar-refractivity contribution in [2.24, 2.45) is 0 Å². The van der Waals surface area contributed by atoms with Crippen molar-refractivity contribution >= 4 is 17.5 Å². The average molecular weight is 272 g/mol. The quantitative estimate of drug-likeness (QED) is 0.911. The molecule has 1 aliphatic heterocycles. The Kier molecular flexibility index (Phi) is 3.88. The Labute approximate surface area is 110 Å². The molecule has 1 saturated heterocycles. The first-order chi connectivity index (χ1) is 8.52. The van der Waals surface area contributed by atoms with E-state index in [0.717, 1.165) is 5.56 Å². The minimum atomic E-state index is -1.63. The number of carbonyl (C=O) groups excluding carboxylic acids is 1. The summed E-state index contributed by atoms with van der Waals surface area (Å²) in [5.74, 6) is -0.120. The maximum atomic E-state index is 13.8. The van der Waals surface area contributed by atoms with E-state index in [1.54, 1.807) is 24.3 Å². The second-order valence-corrected chi connectivity index (χ2v) is 5.11. The van der Waals surface area contributed by atoms with Crippen LogP contribution in [0.5, 0.6) is 0 Å². The Morgan fingerprint density at radius 3 is 2.67 bits per heavy atom. The Morgan fingerprint density at radius 2 is 2.11 bits per heavy atom. The van der Waals surface area contributed by atoms with Gasteiger partial charge in [-0.2, -0.15) is 0 Å². The average Bonchev–Trinajstić information content (AvgIpc) is 2.76. The van der Waals surface area contributed by atoms with Crippen molar-refractivity contribution in [1.29, 1.82) is 0 Å². The van der Waals surface area contributed by atoms with Gasteiger partial charge in [0.25, 0.3) is 0 Å². The van der Waals surface area contributed by atoms with Crippen molar-refractivity contribution in [3.05, 3.63) is 34.9 Å². The molecule has 1 heterocycles. The Bertz CT molecular complexity index is 437. The molecule has 1 aromatic rings. The van der Waals surface area contributed by atoms with Gasteiger partial charge in [-0.25, -0.2) is 4.39 Å². The number of alkyl halides is 1. The molecule has 1 fully saturated rings. The lowest BCUT2D eigenvalue weighted by Crippen LogP contribution is -2.36. The highest BCUT2D eigenvalue weighted by Crippen LogP contribution is 2.25. The van der Waals surface area contributed by atoms with Gasteiger partial charge < -0.3 is 10.0 Å². The van der Waals surface area contributed by atoms with Crippen LogP contribution in [-0.4, -0.2) is 41.3 Å². The number of halogens is 2. The number of carbonyl (C=O) groups is 1. The molecule has 1 unspecified atom stereocenters. The monoisotopic (exact) mass is 271 g/mol. The Hall–Kier alpha value is -1.13. The largest absolute Gasteiger partial charge is 0.393 e. The normalized spacial score (nSPS) is 23.4. The van der Waals surface area contributed by atoms with Gasteiger partial charge in [0.1, 0.15) is 0 Å². The van der Waals surface area contributed by atoms with Gasteiger partial charge in [-0.05, 0) is 17.7 Å². The first-order valence-corrected chi connectivity index (χ1v) is 6.22. The first kappa shape index (κ1) is 13.3. The molecule has 5 heteroatoms. The third-order valence-corrected chi connectivity index (χ3v) is 3.46. The molecule has 0 radical (unpaired) electrons. The molecule has 1 aliphatic rings. The lowest BCUT2D eigenvalue weighted by molar-refractivity contribution is -0.130. The van der Waals surface area contributed by atoms with Gasteiger partial charge >= 0.3 is 0 Å². The molecule has 0 saturated carbocycles. The fourth-order valence-electron chi connectivity index (χ4n) is 2.07. The molecule has 1 N–H and O–H groups in total. The van der Waals surface area contributed by atoms with Crippen molar-refractivity contribution in [1.82, 2.24) is 4.90 Å². The lowest BCUT2D eigenvalue weighted by atomic mass is 10.1. The van der Waals surface area contributed by atoms with E-state index >= 15 is 0 Å². The summed E-state index contributed by atoms with van der Waals surface area (Å²) >= 11 is 5.76. The zero-order chi connectivity index (χ0) is 13.2. The fraction of sp³-hybridized carbons (Fsp3) is 0.462. The zero-order valence-corrected chi connectivity index (χ0v) is 10.7. The molecule has 0 spiro atoms. The van der Waals surface area contributed by atoms with E-state index in [4.69, 9.17) is 16.7 Å². The van der Waals surface area contributed by atoms with E-state index in [9.17, 15) is 9.18 Å². The Balaban J connectivity index is 1.95. The smallest absolute Gasteiger partial charge is 0.227 e. The summed E-state index contributed by atoms with van der Waals surface area (Å²) in [7, 11) is 0. The third-order valence-electron chi connectivity index (χ3n) is 3.21. The van der Waals surface area contributed by atoms with E-state index in [1.807, 2.05) is 0 Å². The minimum Gasteiger partial charge on any atom is -0.393 e. The van der Waals surface area contributed by atoms with Crippen LogP contribution in [0.3, 0.4) is 0 Å². The van der Waals surface area contributed by atoms with Crippen LogP contribution in [0.15, 0.2) is 24.3 Å². The molecule has 18 heavy (non-hydrogen) atoms. The van der Waals surface area contributed by atoms with Gasteiger partial charge in [0, 0.05) is 18.0 Å². The fourth-order valence-corrected chi connectivity index (χ4v) is 2.19. The number of nitrogens with zero attached hydrogens (tertiary/aromatic N) is 1. The first-order valence-electron chi connectivity index (χ1n) is 5.84. The van der Waals surface area contributed by atoms with Crippen molar-refractivity contribution in [3.8, 4) is 0 Å². The van der Waals surface area contributed by atoms with Crippen LogP contribution < -0.4 is 0 Å². The summed E-state index contributed by atoms with van der Waals surface area (Å²) in [6.07, 6.45) is 0.439. The molecular formula is C13H15ClFNO2. The number of hydrogen-bond donors (Lipinski definition) is 1. The van der Waals surface area contributed by atoms with Crippen LogP contribution in [-0.2, 0) is 11.2 Å². The summed E-state index contributed by atoms with van der Waals surface area (Å²) < 4.78 is 13.8. The topological polar surface area (TPSA) is 40.5 Å². The maximum absolute atomic E-state index is 13.8. The summed E-state index contributed by atoms with van der Waals surface area (Å²) in [4.78, 5) is 13.4. The second-order valence-electron chi connectivity index (χ2n) is 4.68. The molecule has 1 amide bonds. The van der Waals surface area contributed by atoms with E-state index in [2.05, 4.69) is 0 Å². The van der Waals surface area contributed by atoms with E-state index < -0.39 is 12.3 Å². The van der Waals surface area contributed by atoms with E-state index in [0.29, 0.717) is 11.6 Å². The molecule has 3 nitrogen and oxygen atoms in total. The van der Waals surface area contributed by atoms with Crippen LogP contribution in [0.4, 0.5) is 4.39 Å². The zero-order valence-electron chi connectivity index (χ0n) is 9.90. The molecule has 1 aromatic carbocycles. The van der Waals surface area contributed by atoms with E-state index in [-0.39, 0.29) is 25.3 Å². The molecule has 1 atom stereocenters. The summed E-state index contributed by atoms with van der Waals surface area (Å²) in [6.45, 7) is -0.183.